The van der Waals surface area contributed by atoms with Crippen LogP contribution in [0, 0.1) is 37.6 Å². The van der Waals surface area contributed by atoms with Crippen molar-refractivity contribution in [3.8, 4) is 22.5 Å². The minimum absolute atomic E-state index is 0. The predicted molar refractivity (Wildman–Crippen MR) is 430 cm³/mol. The molecule has 0 amide bonds. The number of anilines is 6. The van der Waals surface area contributed by atoms with Gasteiger partial charge in [-0.2, -0.15) is 74.0 Å². The predicted octanol–water partition coefficient (Wildman–Crippen LogP) is 23.5. The van der Waals surface area contributed by atoms with Crippen LogP contribution in [0.15, 0.2) is 279 Å². The molecule has 2 aliphatic heterocycles. The Hall–Kier alpha value is -11.0. The number of aromatic nitrogens is 4. The summed E-state index contributed by atoms with van der Waals surface area (Å²) < 4.78 is 4.57. The molecule has 8 nitrogen and oxygen atoms in total. The number of benzene rings is 14. The van der Waals surface area contributed by atoms with Crippen LogP contribution in [0.3, 0.4) is 0 Å². The molecule has 0 saturated heterocycles. The quantitative estimate of drug-likeness (QED) is 0.0858. The zero-order valence-corrected chi connectivity index (χ0v) is 63.6. The molecular weight excluding hydrogens is 1630 g/mol. The number of fused-ring (bicyclic) bond motifs is 21. The van der Waals surface area contributed by atoms with Gasteiger partial charge in [0.05, 0.1) is 22.7 Å². The van der Waals surface area contributed by atoms with Crippen molar-refractivity contribution in [2.45, 2.75) is 53.4 Å². The molecule has 0 bridgehead atoms. The standard InChI is InChI=1S/2C33H25N2.2C14H12N2.2Ir/c1-3-21-11-9-12-22(4-2)30(21)28-20-35-29-19-18-24-17-16-23-10-5-6-13-25(23)31(24)32(29)26-14-7-8-15-27(26)33(35)34-28;1-3-21-12-9-13-22(4-2)31(21)29-20-35-30-17-16-25-18-23-10-5-6-11-24(23)19-28(25)32(30)26-14-7-8-15-27(26)33(35)34-29;2*1-15-11-16(12-7-3-2-4-8-12)14-10-6-5-9-13(14)15;;/h2*5-14,16-20H,3-4H2,1-2H3;2*2-7,9-11H,1H3;;/q2*-1;2*-2;2*+3. The van der Waals surface area contributed by atoms with Crippen LogP contribution in [-0.4, -0.2) is 32.9 Å². The van der Waals surface area contributed by atoms with E-state index in [-0.39, 0.29) is 40.2 Å². The van der Waals surface area contributed by atoms with Gasteiger partial charge < -0.3 is 28.4 Å². The second-order valence-corrected chi connectivity index (χ2v) is 26.3. The van der Waals surface area contributed by atoms with Crippen LogP contribution in [0.25, 0.3) is 120 Å². The minimum Gasteiger partial charge on any atom is -0.504 e. The first-order valence-electron chi connectivity index (χ1n) is 35.5. The number of aryl methyl sites for hydroxylation is 4. The Morgan fingerprint density at radius 3 is 1.23 bits per heavy atom. The molecule has 0 atom stereocenters. The molecule has 10 heteroatoms. The van der Waals surface area contributed by atoms with E-state index in [1.165, 1.54) is 132 Å². The van der Waals surface area contributed by atoms with E-state index >= 15 is 0 Å². The van der Waals surface area contributed by atoms with Gasteiger partial charge >= 0.3 is 40.2 Å². The van der Waals surface area contributed by atoms with E-state index in [0.717, 1.165) is 70.5 Å². The fourth-order valence-corrected chi connectivity index (χ4v) is 15.5. The van der Waals surface area contributed by atoms with E-state index in [1.54, 1.807) is 0 Å². The average molecular weight is 1700 g/mol. The van der Waals surface area contributed by atoms with E-state index in [1.807, 2.05) is 48.5 Å². The molecule has 0 fully saturated rings. The molecule has 0 unspecified atom stereocenters. The molecule has 0 aliphatic carbocycles. The molecule has 508 valence electrons. The molecule has 20 rings (SSSR count). The van der Waals surface area contributed by atoms with Crippen LogP contribution >= 0.6 is 0 Å². The summed E-state index contributed by atoms with van der Waals surface area (Å²) in [7, 11) is 4.11. The summed E-state index contributed by atoms with van der Waals surface area (Å²) in [4.78, 5) is 19.0. The van der Waals surface area contributed by atoms with Crippen molar-refractivity contribution in [3.05, 3.63) is 339 Å². The summed E-state index contributed by atoms with van der Waals surface area (Å²) in [5.74, 6) is 0. The molecule has 0 spiro atoms. The van der Waals surface area contributed by atoms with Gasteiger partial charge in [-0.1, -0.05) is 172 Å². The third-order valence-corrected chi connectivity index (χ3v) is 20.4. The van der Waals surface area contributed by atoms with Crippen molar-refractivity contribution in [1.29, 1.82) is 0 Å². The molecule has 6 heterocycles. The Morgan fingerprint density at radius 1 is 0.327 bits per heavy atom. The summed E-state index contributed by atoms with van der Waals surface area (Å²) in [5.41, 5.74) is 21.3. The Kier molecular flexibility index (Phi) is 19.5. The Bertz CT molecular complexity index is 6070. The van der Waals surface area contributed by atoms with Crippen LogP contribution in [-0.2, 0) is 65.9 Å². The molecule has 0 N–H and O–H groups in total. The van der Waals surface area contributed by atoms with E-state index < -0.39 is 0 Å². The van der Waals surface area contributed by atoms with E-state index in [4.69, 9.17) is 9.97 Å². The molecule has 4 aromatic heterocycles. The van der Waals surface area contributed by atoms with Gasteiger partial charge in [0.25, 0.3) is 0 Å². The number of pyridine rings is 2. The van der Waals surface area contributed by atoms with Crippen molar-refractivity contribution >= 4 is 132 Å². The van der Waals surface area contributed by atoms with Gasteiger partial charge in [0.2, 0.25) is 0 Å². The summed E-state index contributed by atoms with van der Waals surface area (Å²) in [6.45, 7) is 13.1. The molecule has 18 aromatic rings. The normalized spacial score (nSPS) is 12.4. The fourth-order valence-electron chi connectivity index (χ4n) is 15.5. The van der Waals surface area contributed by atoms with Crippen molar-refractivity contribution in [1.82, 2.24) is 18.8 Å². The smallest absolute Gasteiger partial charge is 0.504 e. The summed E-state index contributed by atoms with van der Waals surface area (Å²) >= 11 is 0. The second-order valence-electron chi connectivity index (χ2n) is 26.3. The maximum absolute atomic E-state index is 5.25. The van der Waals surface area contributed by atoms with E-state index in [9.17, 15) is 0 Å². The number of hydrogen-bond donors (Lipinski definition) is 0. The molecule has 2 aliphatic rings. The third kappa shape index (κ3) is 12.2. The SMILES string of the molecule is CCc1cccc(CC)c1-c1cn2c3ccc4cc5ccccc5cc4c3c3ccc[c-]c3c2n1.CCc1cccc(CC)c1-c1cn2c3ccc4ccc5ccccc5c4c3c3ccc[c-]c3c2n1.CN1[CH-]N(c2[c-]cccc2)c2ccccc21.CN1[CH-]N(c2[c-]cccc2)c2ccccc21.[Ir+3].[Ir+3]. The first kappa shape index (κ1) is 68.8. The zero-order valence-electron chi connectivity index (χ0n) is 58.8. The maximum Gasteiger partial charge on any atom is 3.00 e. The van der Waals surface area contributed by atoms with Crippen LogP contribution in [0.2, 0.25) is 0 Å². The van der Waals surface area contributed by atoms with Gasteiger partial charge in [0.1, 0.15) is 0 Å². The maximum atomic E-state index is 5.25. The average Bonchev–Trinajstić information content (AvgIpc) is 1.31. The monoisotopic (exact) mass is 1700 g/mol. The summed E-state index contributed by atoms with van der Waals surface area (Å²) in [6.07, 6.45) is 8.42. The van der Waals surface area contributed by atoms with Crippen LogP contribution in [0.1, 0.15) is 49.9 Å². The number of nitrogens with zero attached hydrogens (tertiary/aromatic N) is 8. The third-order valence-electron chi connectivity index (χ3n) is 20.4. The topological polar surface area (TPSA) is 47.6 Å². The van der Waals surface area contributed by atoms with E-state index in [2.05, 4.69) is 339 Å². The van der Waals surface area contributed by atoms with Gasteiger partial charge in [-0.15, -0.1) is 70.7 Å². The Labute approximate surface area is 634 Å². The molecular formula is C94H74Ir2N8. The van der Waals surface area contributed by atoms with Crippen molar-refractivity contribution in [3.63, 3.8) is 0 Å². The largest absolute Gasteiger partial charge is 3.00 e. The number of para-hydroxylation sites is 6. The number of rotatable bonds is 8. The first-order chi connectivity index (χ1) is 50.3. The van der Waals surface area contributed by atoms with Crippen LogP contribution < -0.4 is 19.6 Å². The number of hydrogen-bond acceptors (Lipinski definition) is 6. The molecule has 0 radical (unpaired) electrons. The van der Waals surface area contributed by atoms with Crippen molar-refractivity contribution in [2.75, 3.05) is 33.7 Å². The minimum atomic E-state index is 0. The van der Waals surface area contributed by atoms with Gasteiger partial charge in [-0.05, 0) is 164 Å². The van der Waals surface area contributed by atoms with Gasteiger partial charge in [0.15, 0.2) is 0 Å². The molecule has 14 aromatic carbocycles. The molecule has 104 heavy (non-hydrogen) atoms. The van der Waals surface area contributed by atoms with Gasteiger partial charge in [0, 0.05) is 57.3 Å². The summed E-state index contributed by atoms with van der Waals surface area (Å²) in [6, 6.07) is 108. The van der Waals surface area contributed by atoms with Crippen LogP contribution in [0.4, 0.5) is 34.1 Å². The van der Waals surface area contributed by atoms with Gasteiger partial charge in [-0.25, -0.2) is 0 Å². The van der Waals surface area contributed by atoms with E-state index in [0.29, 0.717) is 0 Å². The number of imidazole rings is 2. The Balaban J connectivity index is 0.000000118. The zero-order chi connectivity index (χ0) is 69.0. The van der Waals surface area contributed by atoms with Gasteiger partial charge in [-0.3, -0.25) is 9.97 Å². The Morgan fingerprint density at radius 2 is 0.731 bits per heavy atom. The second kappa shape index (κ2) is 29.4. The first-order valence-corrected chi connectivity index (χ1v) is 35.5. The molecule has 0 saturated carbocycles. The van der Waals surface area contributed by atoms with Crippen molar-refractivity contribution in [2.24, 2.45) is 0 Å². The fraction of sp³-hybridized carbons (Fsp3) is 0.106. The van der Waals surface area contributed by atoms with Crippen molar-refractivity contribution < 1.29 is 40.2 Å². The van der Waals surface area contributed by atoms with Crippen LogP contribution in [0.5, 0.6) is 0 Å². The summed E-state index contributed by atoms with van der Waals surface area (Å²) in [5, 5.41) is 17.2.